The molecule has 102 valence electrons. The summed E-state index contributed by atoms with van der Waals surface area (Å²) in [7, 11) is 2.63. The Morgan fingerprint density at radius 1 is 1.50 bits per heavy atom. The number of hydrogen-bond donors (Lipinski definition) is 1. The lowest BCUT2D eigenvalue weighted by molar-refractivity contribution is -0.387. The van der Waals surface area contributed by atoms with Crippen molar-refractivity contribution >= 4 is 5.69 Å². The van der Waals surface area contributed by atoms with E-state index in [2.05, 4.69) is 5.10 Å². The third kappa shape index (κ3) is 3.03. The molecule has 1 aromatic heterocycles. The lowest BCUT2D eigenvalue weighted by atomic mass is 10.2. The second kappa shape index (κ2) is 6.43. The van der Waals surface area contributed by atoms with Gasteiger partial charge in [-0.3, -0.25) is 14.8 Å². The van der Waals surface area contributed by atoms with E-state index in [-0.39, 0.29) is 5.69 Å². The highest BCUT2D eigenvalue weighted by Crippen LogP contribution is 2.30. The molecule has 1 fully saturated rings. The van der Waals surface area contributed by atoms with Gasteiger partial charge in [0.25, 0.3) is 0 Å². The molecule has 0 aliphatic carbocycles. The van der Waals surface area contributed by atoms with Gasteiger partial charge in [-0.15, -0.1) is 0 Å². The Balaban J connectivity index is 0.000000771. The normalized spacial score (nSPS) is 23.1. The van der Waals surface area contributed by atoms with E-state index in [4.69, 9.17) is 14.6 Å². The van der Waals surface area contributed by atoms with Crippen LogP contribution in [0.25, 0.3) is 0 Å². The highest BCUT2D eigenvalue weighted by molar-refractivity contribution is 5.33. The van der Waals surface area contributed by atoms with E-state index in [0.717, 1.165) is 7.11 Å². The molecule has 1 N–H and O–H groups in total. The molecule has 0 amide bonds. The fourth-order valence-electron chi connectivity index (χ4n) is 1.61. The van der Waals surface area contributed by atoms with Crippen molar-refractivity contribution in [3.05, 3.63) is 22.0 Å². The highest BCUT2D eigenvalue weighted by atomic mass is 16.7. The van der Waals surface area contributed by atoms with E-state index >= 15 is 0 Å². The van der Waals surface area contributed by atoms with E-state index < -0.39 is 11.2 Å². The van der Waals surface area contributed by atoms with Gasteiger partial charge < -0.3 is 14.6 Å². The summed E-state index contributed by atoms with van der Waals surface area (Å²) in [5.74, 6) is 0.309. The topological polar surface area (TPSA) is 99.7 Å². The predicted molar refractivity (Wildman–Crippen MR) is 61.8 cm³/mol. The summed E-state index contributed by atoms with van der Waals surface area (Å²) in [5, 5.41) is 21.6. The lowest BCUT2D eigenvalue weighted by Crippen LogP contribution is -2.26. The van der Waals surface area contributed by atoms with Gasteiger partial charge in [-0.2, -0.15) is 5.10 Å². The van der Waals surface area contributed by atoms with Crippen molar-refractivity contribution in [3.8, 4) is 0 Å². The summed E-state index contributed by atoms with van der Waals surface area (Å²) >= 11 is 0. The second-order valence-electron chi connectivity index (χ2n) is 3.90. The molecule has 0 bridgehead atoms. The molecule has 8 nitrogen and oxygen atoms in total. The second-order valence-corrected chi connectivity index (χ2v) is 3.90. The predicted octanol–water partition coefficient (Wildman–Crippen LogP) is 0.618. The third-order valence-corrected chi connectivity index (χ3v) is 2.45. The monoisotopic (exact) mass is 259 g/mol. The van der Waals surface area contributed by atoms with Gasteiger partial charge in [0.05, 0.1) is 18.1 Å². The van der Waals surface area contributed by atoms with Crippen molar-refractivity contribution in [1.82, 2.24) is 9.78 Å². The smallest absolute Gasteiger partial charge is 0.315 e. The third-order valence-electron chi connectivity index (χ3n) is 2.45. The number of nitro groups is 1. The molecule has 2 heterocycles. The summed E-state index contributed by atoms with van der Waals surface area (Å²) in [6.45, 7) is 3.06. The van der Waals surface area contributed by atoms with Crippen LogP contribution in [0.15, 0.2) is 6.20 Å². The first-order valence-electron chi connectivity index (χ1n) is 5.43. The quantitative estimate of drug-likeness (QED) is 0.617. The van der Waals surface area contributed by atoms with Gasteiger partial charge in [0.1, 0.15) is 6.20 Å². The molecular weight excluding hydrogens is 242 g/mol. The minimum absolute atomic E-state index is 0.0675. The Kier molecular flexibility index (Phi) is 5.20. The standard InChI is InChI=1S/C9H13N3O4.CH4O/c1-6-4-15-9(16-5-6)8-7(12(13)14)3-10-11(8)2;1-2/h3,6,9H,4-5H2,1-2H3;2H,1H3. The van der Waals surface area contributed by atoms with Crippen LogP contribution in [-0.2, 0) is 16.5 Å². The number of ether oxygens (including phenoxy) is 2. The van der Waals surface area contributed by atoms with Crippen molar-refractivity contribution in [2.75, 3.05) is 20.3 Å². The van der Waals surface area contributed by atoms with Crippen LogP contribution >= 0.6 is 0 Å². The molecule has 0 atom stereocenters. The Morgan fingerprint density at radius 3 is 2.56 bits per heavy atom. The largest absolute Gasteiger partial charge is 0.400 e. The van der Waals surface area contributed by atoms with Crippen molar-refractivity contribution in [3.63, 3.8) is 0 Å². The molecule has 18 heavy (non-hydrogen) atoms. The molecule has 0 unspecified atom stereocenters. The molecule has 0 aromatic carbocycles. The van der Waals surface area contributed by atoms with Gasteiger partial charge in [0.2, 0.25) is 6.29 Å². The summed E-state index contributed by atoms with van der Waals surface area (Å²) in [5.41, 5.74) is 0.291. The van der Waals surface area contributed by atoms with E-state index in [9.17, 15) is 10.1 Å². The van der Waals surface area contributed by atoms with Crippen molar-refractivity contribution in [1.29, 1.82) is 0 Å². The van der Waals surface area contributed by atoms with E-state index in [0.29, 0.717) is 24.8 Å². The molecule has 1 aromatic rings. The summed E-state index contributed by atoms with van der Waals surface area (Å²) in [4.78, 5) is 10.3. The molecule has 0 spiro atoms. The fraction of sp³-hybridized carbons (Fsp3) is 0.700. The van der Waals surface area contributed by atoms with Crippen LogP contribution in [0, 0.1) is 16.0 Å². The zero-order chi connectivity index (χ0) is 13.7. The Labute approximate surface area is 104 Å². The maximum absolute atomic E-state index is 10.8. The molecular formula is C10H17N3O5. The molecule has 0 radical (unpaired) electrons. The first-order valence-corrected chi connectivity index (χ1v) is 5.43. The van der Waals surface area contributed by atoms with Crippen molar-refractivity contribution < 1.29 is 19.5 Å². The number of aryl methyl sites for hydroxylation is 1. The van der Waals surface area contributed by atoms with Crippen molar-refractivity contribution in [2.24, 2.45) is 13.0 Å². The maximum atomic E-state index is 10.8. The zero-order valence-electron chi connectivity index (χ0n) is 10.6. The first-order chi connectivity index (χ1) is 8.59. The number of aromatic nitrogens is 2. The van der Waals surface area contributed by atoms with E-state index in [1.807, 2.05) is 6.92 Å². The number of nitrogens with zero attached hydrogens (tertiary/aromatic N) is 3. The fourth-order valence-corrected chi connectivity index (χ4v) is 1.61. The molecule has 8 heteroatoms. The average molecular weight is 259 g/mol. The lowest BCUT2D eigenvalue weighted by Gasteiger charge is -2.26. The van der Waals surface area contributed by atoms with Gasteiger partial charge in [-0.05, 0) is 0 Å². The van der Waals surface area contributed by atoms with Gasteiger partial charge in [0.15, 0.2) is 5.69 Å². The SMILES string of the molecule is CC1COC(c2c([N+](=O)[O-])cnn2C)OC1.CO. The van der Waals surface area contributed by atoms with Crippen molar-refractivity contribution in [2.45, 2.75) is 13.2 Å². The zero-order valence-corrected chi connectivity index (χ0v) is 10.6. The number of rotatable bonds is 2. The highest BCUT2D eigenvalue weighted by Gasteiger charge is 2.31. The number of aliphatic hydroxyl groups is 1. The van der Waals surface area contributed by atoms with Crippen LogP contribution in [0.5, 0.6) is 0 Å². The van der Waals surface area contributed by atoms with Gasteiger partial charge in [0, 0.05) is 20.1 Å². The minimum Gasteiger partial charge on any atom is -0.400 e. The first kappa shape index (κ1) is 14.6. The van der Waals surface area contributed by atoms with Gasteiger partial charge in [-0.1, -0.05) is 6.92 Å². The molecule has 0 saturated carbocycles. The molecule has 1 saturated heterocycles. The van der Waals surface area contributed by atoms with Crippen LogP contribution in [0.2, 0.25) is 0 Å². The summed E-state index contributed by atoms with van der Waals surface area (Å²) in [6, 6.07) is 0. The Hall–Kier alpha value is -1.51. The number of hydrogen-bond acceptors (Lipinski definition) is 6. The van der Waals surface area contributed by atoms with Crippen LogP contribution in [0.4, 0.5) is 5.69 Å². The minimum atomic E-state index is -0.691. The van der Waals surface area contributed by atoms with Crippen LogP contribution < -0.4 is 0 Å². The van der Waals surface area contributed by atoms with Gasteiger partial charge >= 0.3 is 5.69 Å². The molecule has 1 aliphatic heterocycles. The maximum Gasteiger partial charge on any atom is 0.315 e. The summed E-state index contributed by atoms with van der Waals surface area (Å²) in [6.07, 6.45) is 0.518. The number of aliphatic hydroxyl groups excluding tert-OH is 1. The van der Waals surface area contributed by atoms with E-state index in [1.54, 1.807) is 7.05 Å². The van der Waals surface area contributed by atoms with Crippen LogP contribution in [0.3, 0.4) is 0 Å². The van der Waals surface area contributed by atoms with E-state index in [1.165, 1.54) is 10.9 Å². The van der Waals surface area contributed by atoms with Crippen LogP contribution in [-0.4, -0.2) is 40.1 Å². The van der Waals surface area contributed by atoms with Gasteiger partial charge in [-0.25, -0.2) is 0 Å². The molecule has 1 aliphatic rings. The Morgan fingerprint density at radius 2 is 2.06 bits per heavy atom. The molecule has 2 rings (SSSR count). The van der Waals surface area contributed by atoms with Crippen LogP contribution in [0.1, 0.15) is 18.9 Å². The Bertz CT molecular complexity index is 398. The average Bonchev–Trinajstić information content (AvgIpc) is 2.75. The summed E-state index contributed by atoms with van der Waals surface area (Å²) < 4.78 is 12.3.